The molecule has 0 aromatic rings. The summed E-state index contributed by atoms with van der Waals surface area (Å²) < 4.78 is 141. The summed E-state index contributed by atoms with van der Waals surface area (Å²) in [4.78, 5) is 0. The van der Waals surface area contributed by atoms with Crippen molar-refractivity contribution in [1.29, 1.82) is 0 Å². The number of hydrogen-bond acceptors (Lipinski definition) is 35. The molecule has 0 aliphatic carbocycles. The van der Waals surface area contributed by atoms with E-state index in [0.29, 0.717) is 0 Å². The smallest absolute Gasteiger partial charge is 0.192 e. The van der Waals surface area contributed by atoms with Crippen LogP contribution in [0.15, 0.2) is 0 Å². The summed E-state index contributed by atoms with van der Waals surface area (Å²) in [5.74, 6) is 0. The van der Waals surface area contributed by atoms with Gasteiger partial charge in [0.15, 0.2) is 102 Å². The first kappa shape index (κ1) is 111. The molecule has 14 bridgehead atoms. The molecule has 35 atom stereocenters. The fourth-order valence-electron chi connectivity index (χ4n) is 13.9. The highest BCUT2D eigenvalue weighted by atomic mass is 28.4. The summed E-state index contributed by atoms with van der Waals surface area (Å²) in [5, 5.41) is 175. The lowest BCUT2D eigenvalue weighted by atomic mass is 9.95. The van der Waals surface area contributed by atoms with Crippen molar-refractivity contribution in [2.45, 2.75) is 487 Å². The van der Waals surface area contributed by atoms with Gasteiger partial charge in [0, 0.05) is 0 Å². The lowest BCUT2D eigenvalue weighted by Gasteiger charge is -2.51. The van der Waals surface area contributed by atoms with Gasteiger partial charge in [-0.05, 0) is 127 Å². The van der Waals surface area contributed by atoms with Crippen LogP contribution < -0.4 is 0 Å². The molecular formula is C84H168O35Si7. The predicted octanol–water partition coefficient (Wildman–Crippen LogP) is 5.98. The van der Waals surface area contributed by atoms with Crippen molar-refractivity contribution in [1.82, 2.24) is 0 Å². The molecule has 35 nitrogen and oxygen atoms in total. The van der Waals surface area contributed by atoms with Gasteiger partial charge in [-0.25, -0.2) is 0 Å². The molecule has 0 saturated carbocycles. The van der Waals surface area contributed by atoms with Crippen LogP contribution in [0.1, 0.15) is 145 Å². The molecule has 21 aliphatic heterocycles. The Hall–Kier alpha value is 0.118. The largest absolute Gasteiger partial charge is 0.414 e. The van der Waals surface area contributed by atoms with Crippen LogP contribution in [0.5, 0.6) is 0 Å². The fraction of sp³-hybridized carbons (Fsp3) is 1.00. The Balaban J connectivity index is 1.31. The molecule has 0 radical (unpaired) electrons. The monoisotopic (exact) mass is 1930 g/mol. The molecule has 0 unspecified atom stereocenters. The van der Waals surface area contributed by atoms with Crippen molar-refractivity contribution in [3.05, 3.63) is 0 Å². The Morgan fingerprint density at radius 2 is 0.246 bits per heavy atom. The Morgan fingerprint density at radius 3 is 0.325 bits per heavy atom. The number of ether oxygens (including phenoxy) is 14. The third-order valence-corrected chi connectivity index (χ3v) is 61.9. The van der Waals surface area contributed by atoms with E-state index in [-0.39, 0.29) is 46.2 Å². The zero-order chi connectivity index (χ0) is 96.0. The average Bonchev–Trinajstić information content (AvgIpc) is 0.778. The zero-order valence-electron chi connectivity index (χ0n) is 82.0. The maximum atomic E-state index is 12.8. The van der Waals surface area contributed by atoms with Gasteiger partial charge in [0.2, 0.25) is 0 Å². The van der Waals surface area contributed by atoms with Crippen LogP contribution in [0, 0.1) is 0 Å². The van der Waals surface area contributed by atoms with Gasteiger partial charge in [0.05, 0.1) is 46.2 Å². The van der Waals surface area contributed by atoms with Gasteiger partial charge >= 0.3 is 0 Å². The maximum absolute atomic E-state index is 12.8. The molecule has 21 fully saturated rings. The molecule has 21 heterocycles. The van der Waals surface area contributed by atoms with Crippen molar-refractivity contribution in [2.24, 2.45) is 0 Å². The highest BCUT2D eigenvalue weighted by Gasteiger charge is 2.63. The second-order valence-electron chi connectivity index (χ2n) is 46.9. The Morgan fingerprint density at radius 1 is 0.159 bits per heavy atom. The van der Waals surface area contributed by atoms with E-state index in [2.05, 4.69) is 0 Å². The van der Waals surface area contributed by atoms with Crippen molar-refractivity contribution in [3.8, 4) is 0 Å². The molecule has 742 valence electrons. The van der Waals surface area contributed by atoms with Crippen LogP contribution in [0.25, 0.3) is 0 Å². The van der Waals surface area contributed by atoms with E-state index in [1.54, 1.807) is 0 Å². The third-order valence-electron chi connectivity index (χ3n) is 30.4. The fourth-order valence-corrected chi connectivity index (χ4v) is 21.0. The Kier molecular flexibility index (Phi) is 36.2. The van der Waals surface area contributed by atoms with Gasteiger partial charge in [0.1, 0.15) is 171 Å². The molecule has 42 heteroatoms. The second-order valence-corrected chi connectivity index (χ2v) is 80.5. The normalized spacial score (nSPS) is 40.5. The third kappa shape index (κ3) is 25.2. The Bertz CT molecular complexity index is 2810. The van der Waals surface area contributed by atoms with Crippen molar-refractivity contribution < 1.29 is 169 Å². The molecule has 0 spiro atoms. The van der Waals surface area contributed by atoms with E-state index in [1.807, 2.05) is 237 Å². The molecule has 0 aromatic carbocycles. The summed E-state index contributed by atoms with van der Waals surface area (Å²) in [6, 6.07) is 0. The van der Waals surface area contributed by atoms with Gasteiger partial charge in [-0.1, -0.05) is 145 Å². The van der Waals surface area contributed by atoms with Crippen LogP contribution in [0.4, 0.5) is 0 Å². The maximum Gasteiger partial charge on any atom is 0.192 e. The number of aliphatic hydroxyl groups is 14. The summed E-state index contributed by atoms with van der Waals surface area (Å²) in [6.45, 7) is 67.0. The van der Waals surface area contributed by atoms with E-state index in [9.17, 15) is 71.5 Å². The lowest BCUT2D eigenvalue weighted by Crippen LogP contribution is -2.69. The van der Waals surface area contributed by atoms with Gasteiger partial charge in [-0.3, -0.25) is 0 Å². The molecule has 0 aromatic heterocycles. The minimum atomic E-state index is -2.81. The van der Waals surface area contributed by atoms with Gasteiger partial charge < -0.3 is 169 Å². The first-order valence-electron chi connectivity index (χ1n) is 45.1. The molecular weight excluding hydrogens is 1770 g/mol. The first-order chi connectivity index (χ1) is 56.9. The van der Waals surface area contributed by atoms with Crippen molar-refractivity contribution in [3.63, 3.8) is 0 Å². The SMILES string of the molecule is CC(C)(C)[Si](C)(C)OC[C@H]1O[C@@H]2O[C@H]3[C@H](O)[C@@H](O)[C@@H](O[C@H]4[C@H](O)[C@@H](O)[C@@H](O[C@H]5[C@H](O)[C@@H](O)[C@@H](O[C@H]6[C@H](O)[C@@H](O)[C@@H](O[C@H]7[C@H](O)[C@@H](O)[C@@H](O[C@H]8[C@@H](O)[C@H](O)[C@@H](O[C@H]1[C@H](O)[C@H]2O)O[C@@H]8CO[Si](C)(C)C(C)(C)C)O[C@@H]7CO[Si](C)(C)C(C)(C)C)O[C@@H]6CO[Si](C)(C)C(C)(C)C)O[C@@H]5CO[Si](C)(C)C(C)(C)C)O[C@@H]4CO[Si](C)(C)C(C)(C)C)O[C@@H]3CO[Si](C)(C)C(C)(C)C. The van der Waals surface area contributed by atoms with Crippen LogP contribution in [-0.4, -0.2) is 391 Å². The summed E-state index contributed by atoms with van der Waals surface area (Å²) in [6.07, 6.45) is -65.0. The van der Waals surface area contributed by atoms with E-state index in [1.165, 1.54) is 0 Å². The van der Waals surface area contributed by atoms with E-state index >= 15 is 0 Å². The topological polar surface area (TPSA) is 477 Å². The molecule has 0 amide bonds. The standard InChI is InChI=1S/C84H168O35Si7/c1-78(2,3)120(22,23)99-36-43-64-50(85)57(92)71(106-43)114-65-44(37-100-121(24,25)79(4,5)6)108-73(59(94)52(65)87)116-67-46(39-102-123(28,29)81(10,11)12)110-75(61(96)54(67)89)118-69-48(41-104-125(32,33)83(16,17)18)112-77(63(98)56(69)91)119-70-49(42-105-126(34,35)84(19,20)21)111-76(62(97)55(70)90)117-68-47(40-103-124(30,31)82(13,14)15)109-74(60(95)53(68)88)115-66-45(38-101-122(26,27)80(7,8)9)107-72(113-64)58(93)51(66)86/h43-77,85-98H,36-42H2,1-35H3/t43-,44-,45-,46-,47-,48-,49-,50-,51-,52-,53-,54-,55-,56+,57-,58-,59-,60-,61-,62-,63+,64-,65-,66-,67-,68-,69-,70-,71-,72-,73-,74-,75-,76-,77-/m1/s1. The van der Waals surface area contributed by atoms with Crippen LogP contribution >= 0.6 is 0 Å². The number of rotatable bonds is 21. The van der Waals surface area contributed by atoms with E-state index in [4.69, 9.17) is 97.3 Å². The van der Waals surface area contributed by atoms with Crippen molar-refractivity contribution >= 4 is 58.2 Å². The molecule has 14 N–H and O–H groups in total. The first-order valence-corrected chi connectivity index (χ1v) is 65.5. The average molecular weight is 1930 g/mol. The minimum Gasteiger partial charge on any atom is -0.414 e. The summed E-state index contributed by atoms with van der Waals surface area (Å²) in [5.41, 5.74) is 0. The van der Waals surface area contributed by atoms with Gasteiger partial charge in [-0.15, -0.1) is 0 Å². The van der Waals surface area contributed by atoms with Crippen LogP contribution in [0.2, 0.25) is 127 Å². The quantitative estimate of drug-likeness (QED) is 0.0588. The molecule has 21 rings (SSSR count). The molecule has 126 heavy (non-hydrogen) atoms. The predicted molar refractivity (Wildman–Crippen MR) is 481 cm³/mol. The summed E-state index contributed by atoms with van der Waals surface area (Å²) in [7, 11) is -19.7. The minimum absolute atomic E-state index is 0.370. The zero-order valence-corrected chi connectivity index (χ0v) is 89.0. The number of aliphatic hydroxyl groups excluding tert-OH is 14. The van der Waals surface area contributed by atoms with Crippen LogP contribution in [0.3, 0.4) is 0 Å². The second kappa shape index (κ2) is 40.9. The summed E-state index contributed by atoms with van der Waals surface area (Å²) >= 11 is 0. The van der Waals surface area contributed by atoms with Crippen LogP contribution in [-0.2, 0) is 97.3 Å². The van der Waals surface area contributed by atoms with Crippen molar-refractivity contribution in [2.75, 3.05) is 46.2 Å². The highest BCUT2D eigenvalue weighted by molar-refractivity contribution is 6.76. The van der Waals surface area contributed by atoms with E-state index in [0.717, 1.165) is 0 Å². The lowest BCUT2D eigenvalue weighted by molar-refractivity contribution is -0.396. The Labute approximate surface area is 756 Å². The van der Waals surface area contributed by atoms with Gasteiger partial charge in [-0.2, -0.15) is 0 Å². The molecule has 21 saturated heterocycles. The number of hydrogen-bond donors (Lipinski definition) is 14. The highest BCUT2D eigenvalue weighted by Crippen LogP contribution is 2.48. The van der Waals surface area contributed by atoms with E-state index < -0.39 is 308 Å². The molecule has 21 aliphatic rings. The van der Waals surface area contributed by atoms with Gasteiger partial charge in [0.25, 0.3) is 0 Å².